The van der Waals surface area contributed by atoms with E-state index in [0.717, 1.165) is 16.0 Å². The number of anilines is 1. The summed E-state index contributed by atoms with van der Waals surface area (Å²) >= 11 is 1.41. The lowest BCUT2D eigenvalue weighted by Crippen LogP contribution is -2.24. The number of nitrogens with one attached hydrogen (secondary N) is 1. The van der Waals surface area contributed by atoms with Gasteiger partial charge in [0.25, 0.3) is 5.91 Å². The summed E-state index contributed by atoms with van der Waals surface area (Å²) < 4.78 is 0. The summed E-state index contributed by atoms with van der Waals surface area (Å²) in [4.78, 5) is 29.9. The average Bonchev–Trinajstić information content (AvgIpc) is 3.05. The van der Waals surface area contributed by atoms with E-state index in [1.165, 1.54) is 29.8 Å². The van der Waals surface area contributed by atoms with Crippen LogP contribution in [0.2, 0.25) is 0 Å². The quantitative estimate of drug-likeness (QED) is 0.404. The zero-order valence-electron chi connectivity index (χ0n) is 15.4. The molecule has 0 saturated heterocycles. The highest BCUT2D eigenvalue weighted by Gasteiger charge is 2.14. The van der Waals surface area contributed by atoms with E-state index in [0.29, 0.717) is 16.1 Å². The second kappa shape index (κ2) is 8.95. The molecule has 0 unspecified atom stereocenters. The van der Waals surface area contributed by atoms with Crippen LogP contribution >= 0.6 is 11.3 Å². The molecular formula is C20H22N4O2S. The van der Waals surface area contributed by atoms with Gasteiger partial charge in [-0.15, -0.1) is 11.3 Å². The molecule has 0 radical (unpaired) electrons. The van der Waals surface area contributed by atoms with Crippen LogP contribution in [0.1, 0.15) is 22.2 Å². The van der Waals surface area contributed by atoms with Gasteiger partial charge in [-0.1, -0.05) is 12.1 Å². The molecule has 6 nitrogen and oxygen atoms in total. The molecule has 1 amide bonds. The van der Waals surface area contributed by atoms with E-state index in [4.69, 9.17) is 11.5 Å². The molecule has 0 spiro atoms. The Balaban J connectivity index is 2.21. The minimum atomic E-state index is -0.321. The van der Waals surface area contributed by atoms with E-state index >= 15 is 0 Å². The van der Waals surface area contributed by atoms with Gasteiger partial charge in [-0.05, 0) is 61.1 Å². The third-order valence-corrected chi connectivity index (χ3v) is 5.18. The molecule has 2 rings (SSSR count). The fourth-order valence-electron chi connectivity index (χ4n) is 2.49. The minimum Gasteiger partial charge on any atom is -0.404 e. The lowest BCUT2D eigenvalue weighted by molar-refractivity contribution is -0.110. The molecule has 0 atom stereocenters. The Morgan fingerprint density at radius 2 is 1.85 bits per heavy atom. The standard InChI is InChI=1S/C20H22N4O2S/c1-12-10-17(16(25)8-9-21)27-19(12)14-4-6-15(7-5-14)24-20(26)18(23-3)13(2)11-22/h4-11H,21-22H2,1-3H3,(H,24,26). The maximum absolute atomic E-state index is 12.3. The Morgan fingerprint density at radius 3 is 2.41 bits per heavy atom. The van der Waals surface area contributed by atoms with Gasteiger partial charge < -0.3 is 16.8 Å². The third-order valence-electron chi connectivity index (χ3n) is 3.88. The molecule has 0 saturated carbocycles. The van der Waals surface area contributed by atoms with Gasteiger partial charge in [0.05, 0.1) is 4.88 Å². The van der Waals surface area contributed by atoms with Crippen molar-refractivity contribution in [3.8, 4) is 10.4 Å². The molecule has 0 aliphatic heterocycles. The van der Waals surface area contributed by atoms with Crippen LogP contribution in [0, 0.1) is 6.92 Å². The summed E-state index contributed by atoms with van der Waals surface area (Å²) in [6.07, 6.45) is 3.94. The molecule has 140 valence electrons. The van der Waals surface area contributed by atoms with Crippen molar-refractivity contribution in [2.75, 3.05) is 12.4 Å². The van der Waals surface area contributed by atoms with Gasteiger partial charge in [-0.2, -0.15) is 0 Å². The zero-order chi connectivity index (χ0) is 20.0. The van der Waals surface area contributed by atoms with Gasteiger partial charge in [0.15, 0.2) is 5.78 Å². The molecule has 0 aliphatic rings. The van der Waals surface area contributed by atoms with Gasteiger partial charge in [0.2, 0.25) is 0 Å². The van der Waals surface area contributed by atoms with E-state index in [9.17, 15) is 9.59 Å². The smallest absolute Gasteiger partial charge is 0.274 e. The van der Waals surface area contributed by atoms with Crippen molar-refractivity contribution < 1.29 is 9.59 Å². The second-order valence-corrected chi connectivity index (χ2v) is 6.85. The first kappa shape index (κ1) is 20.1. The predicted molar refractivity (Wildman–Crippen MR) is 112 cm³/mol. The SMILES string of the molecule is CN=C(C(=O)Nc1ccc(-c2sc(C(=O)C=CN)cc2C)cc1)C(C)=CN. The van der Waals surface area contributed by atoms with Crippen LogP contribution in [0.4, 0.5) is 5.69 Å². The summed E-state index contributed by atoms with van der Waals surface area (Å²) in [7, 11) is 1.54. The highest BCUT2D eigenvalue weighted by molar-refractivity contribution is 7.17. The first-order valence-corrected chi connectivity index (χ1v) is 9.03. The zero-order valence-corrected chi connectivity index (χ0v) is 16.3. The Hall–Kier alpha value is -3.19. The van der Waals surface area contributed by atoms with Crippen molar-refractivity contribution in [1.82, 2.24) is 0 Å². The van der Waals surface area contributed by atoms with Crippen molar-refractivity contribution >= 4 is 34.4 Å². The van der Waals surface area contributed by atoms with Crippen LogP contribution in [0.15, 0.2) is 59.4 Å². The summed E-state index contributed by atoms with van der Waals surface area (Å²) in [5, 5.41) is 2.80. The van der Waals surface area contributed by atoms with E-state index in [1.54, 1.807) is 14.0 Å². The van der Waals surface area contributed by atoms with Gasteiger partial charge >= 0.3 is 0 Å². The maximum atomic E-state index is 12.3. The van der Waals surface area contributed by atoms with Crippen molar-refractivity contribution in [3.05, 3.63) is 64.8 Å². The Labute approximate surface area is 162 Å². The summed E-state index contributed by atoms with van der Waals surface area (Å²) in [5.41, 5.74) is 14.3. The first-order valence-electron chi connectivity index (χ1n) is 8.21. The lowest BCUT2D eigenvalue weighted by Gasteiger charge is -2.08. The highest BCUT2D eigenvalue weighted by atomic mass is 32.1. The average molecular weight is 382 g/mol. The third kappa shape index (κ3) is 4.71. The van der Waals surface area contributed by atoms with Crippen LogP contribution in [0.3, 0.4) is 0 Å². The van der Waals surface area contributed by atoms with E-state index < -0.39 is 0 Å². The number of hydrogen-bond acceptors (Lipinski definition) is 6. The highest BCUT2D eigenvalue weighted by Crippen LogP contribution is 2.33. The maximum Gasteiger partial charge on any atom is 0.274 e. The largest absolute Gasteiger partial charge is 0.404 e. The number of rotatable bonds is 6. The molecule has 0 fully saturated rings. The lowest BCUT2D eigenvalue weighted by atomic mass is 10.1. The van der Waals surface area contributed by atoms with Crippen molar-refractivity contribution in [3.63, 3.8) is 0 Å². The van der Waals surface area contributed by atoms with Gasteiger partial charge in [-0.3, -0.25) is 14.6 Å². The number of nitrogens with zero attached hydrogens (tertiary/aromatic N) is 1. The first-order chi connectivity index (χ1) is 12.9. The van der Waals surface area contributed by atoms with Crippen LogP contribution < -0.4 is 16.8 Å². The fraction of sp³-hybridized carbons (Fsp3) is 0.150. The molecule has 0 aliphatic carbocycles. The second-order valence-electron chi connectivity index (χ2n) is 5.80. The molecule has 1 aromatic heterocycles. The Bertz CT molecular complexity index is 937. The van der Waals surface area contributed by atoms with E-state index in [2.05, 4.69) is 10.3 Å². The normalized spacial score (nSPS) is 12.4. The number of aliphatic imine (C=N–C) groups is 1. The van der Waals surface area contributed by atoms with Crippen LogP contribution in [0.5, 0.6) is 0 Å². The molecule has 0 bridgehead atoms. The number of amides is 1. The minimum absolute atomic E-state index is 0.115. The molecular weight excluding hydrogens is 360 g/mol. The van der Waals surface area contributed by atoms with E-state index in [1.807, 2.05) is 37.3 Å². The summed E-state index contributed by atoms with van der Waals surface area (Å²) in [6, 6.07) is 9.26. The van der Waals surface area contributed by atoms with Gasteiger partial charge in [0, 0.05) is 23.7 Å². The number of aryl methyl sites for hydroxylation is 1. The number of allylic oxidation sites excluding steroid dienone is 1. The topological polar surface area (TPSA) is 111 Å². The molecule has 7 heteroatoms. The fourth-order valence-corrected chi connectivity index (χ4v) is 3.59. The molecule has 1 heterocycles. The number of benzene rings is 1. The van der Waals surface area contributed by atoms with Crippen LogP contribution in [0.25, 0.3) is 10.4 Å². The predicted octanol–water partition coefficient (Wildman–Crippen LogP) is 3.25. The van der Waals surface area contributed by atoms with Crippen LogP contribution in [-0.2, 0) is 4.79 Å². The number of thiophene rings is 1. The van der Waals surface area contributed by atoms with Crippen molar-refractivity contribution in [1.29, 1.82) is 0 Å². The summed E-state index contributed by atoms with van der Waals surface area (Å²) in [5.74, 6) is -0.436. The van der Waals surface area contributed by atoms with Crippen molar-refractivity contribution in [2.24, 2.45) is 16.5 Å². The summed E-state index contributed by atoms with van der Waals surface area (Å²) in [6.45, 7) is 3.68. The van der Waals surface area contributed by atoms with Crippen molar-refractivity contribution in [2.45, 2.75) is 13.8 Å². The molecule has 2 aromatic rings. The molecule has 1 aromatic carbocycles. The Morgan fingerprint density at radius 1 is 1.19 bits per heavy atom. The number of hydrogen-bond donors (Lipinski definition) is 3. The number of ketones is 1. The van der Waals surface area contributed by atoms with E-state index in [-0.39, 0.29) is 17.4 Å². The van der Waals surface area contributed by atoms with Crippen LogP contribution in [-0.4, -0.2) is 24.4 Å². The number of carbonyl (C=O) groups excluding carboxylic acids is 2. The number of nitrogens with two attached hydrogens (primary N) is 2. The molecule has 5 N–H and O–H groups in total. The van der Waals surface area contributed by atoms with Gasteiger partial charge in [-0.25, -0.2) is 0 Å². The monoisotopic (exact) mass is 382 g/mol. The Kier molecular flexibility index (Phi) is 6.67. The molecule has 27 heavy (non-hydrogen) atoms. The number of carbonyl (C=O) groups is 2. The van der Waals surface area contributed by atoms with Gasteiger partial charge in [0.1, 0.15) is 5.71 Å².